The Balaban J connectivity index is 2.14. The smallest absolute Gasteiger partial charge is 0.239 e. The molecular weight excluding hydrogens is 293 g/mol. The van der Waals surface area contributed by atoms with Gasteiger partial charge in [-0.15, -0.1) is 0 Å². The van der Waals surface area contributed by atoms with Crippen LogP contribution in [0.25, 0.3) is 0 Å². The summed E-state index contributed by atoms with van der Waals surface area (Å²) in [6.45, 7) is 1.70. The topological polar surface area (TPSA) is 63.2 Å². The molecule has 110 valence electrons. The van der Waals surface area contributed by atoms with Gasteiger partial charge in [-0.1, -0.05) is 24.3 Å². The quantitative estimate of drug-likeness (QED) is 0.944. The first-order valence-corrected chi connectivity index (χ1v) is 7.87. The van der Waals surface area contributed by atoms with Crippen LogP contribution in [0.2, 0.25) is 0 Å². The Morgan fingerprint density at radius 3 is 2.48 bits per heavy atom. The Morgan fingerprint density at radius 2 is 1.81 bits per heavy atom. The Labute approximate surface area is 122 Å². The predicted octanol–water partition coefficient (Wildman–Crippen LogP) is 2.55. The molecule has 1 amide bonds. The number of anilines is 1. The van der Waals surface area contributed by atoms with Gasteiger partial charge in [-0.05, 0) is 36.8 Å². The van der Waals surface area contributed by atoms with Crippen molar-refractivity contribution in [3.8, 4) is 0 Å². The van der Waals surface area contributed by atoms with Crippen LogP contribution in [0.3, 0.4) is 0 Å². The van der Waals surface area contributed by atoms with Crippen molar-refractivity contribution < 1.29 is 17.6 Å². The summed E-state index contributed by atoms with van der Waals surface area (Å²) in [6.07, 6.45) is 0. The van der Waals surface area contributed by atoms with Gasteiger partial charge in [-0.25, -0.2) is 12.8 Å². The number of benzene rings is 2. The summed E-state index contributed by atoms with van der Waals surface area (Å²) in [5.41, 5.74) is 0.921. The summed E-state index contributed by atoms with van der Waals surface area (Å²) in [6, 6.07) is 11.6. The molecule has 0 atom stereocenters. The van der Waals surface area contributed by atoms with Gasteiger partial charge in [0, 0.05) is 5.69 Å². The van der Waals surface area contributed by atoms with Gasteiger partial charge in [0.25, 0.3) is 0 Å². The number of carbonyl (C=O) groups excluding carboxylic acids is 1. The maximum absolute atomic E-state index is 13.1. The second-order valence-corrected chi connectivity index (χ2v) is 6.57. The molecule has 0 heterocycles. The summed E-state index contributed by atoms with van der Waals surface area (Å²) < 4.78 is 37.2. The van der Waals surface area contributed by atoms with E-state index in [1.807, 2.05) is 0 Å². The lowest BCUT2D eigenvalue weighted by Gasteiger charge is -2.09. The molecule has 0 unspecified atom stereocenters. The Morgan fingerprint density at radius 1 is 1.14 bits per heavy atom. The van der Waals surface area contributed by atoms with Crippen LogP contribution in [0.5, 0.6) is 0 Å². The summed E-state index contributed by atoms with van der Waals surface area (Å²) >= 11 is 0. The summed E-state index contributed by atoms with van der Waals surface area (Å²) in [5, 5.41) is 2.42. The molecule has 21 heavy (non-hydrogen) atoms. The van der Waals surface area contributed by atoms with Crippen molar-refractivity contribution in [1.82, 2.24) is 0 Å². The molecule has 0 aliphatic carbocycles. The van der Waals surface area contributed by atoms with Crippen LogP contribution in [0, 0.1) is 12.7 Å². The van der Waals surface area contributed by atoms with Crippen LogP contribution in [0.1, 0.15) is 5.56 Å². The van der Waals surface area contributed by atoms with Crippen molar-refractivity contribution in [3.63, 3.8) is 0 Å². The van der Waals surface area contributed by atoms with Gasteiger partial charge in [0.05, 0.1) is 4.90 Å². The second kappa shape index (κ2) is 6.05. The van der Waals surface area contributed by atoms with E-state index in [1.165, 1.54) is 24.3 Å². The zero-order valence-corrected chi connectivity index (χ0v) is 12.2. The van der Waals surface area contributed by atoms with Crippen LogP contribution >= 0.6 is 0 Å². The monoisotopic (exact) mass is 307 g/mol. The zero-order chi connectivity index (χ0) is 15.5. The van der Waals surface area contributed by atoms with E-state index in [4.69, 9.17) is 0 Å². The predicted molar refractivity (Wildman–Crippen MR) is 78.3 cm³/mol. The van der Waals surface area contributed by atoms with Crippen LogP contribution in [-0.2, 0) is 14.6 Å². The number of hydrogen-bond acceptors (Lipinski definition) is 3. The highest BCUT2D eigenvalue weighted by molar-refractivity contribution is 7.92. The third-order valence-electron chi connectivity index (χ3n) is 2.90. The number of rotatable bonds is 4. The Kier molecular flexibility index (Phi) is 4.37. The second-order valence-electron chi connectivity index (χ2n) is 4.58. The van der Waals surface area contributed by atoms with Crippen LogP contribution < -0.4 is 5.32 Å². The van der Waals surface area contributed by atoms with Crippen LogP contribution in [0.4, 0.5) is 10.1 Å². The molecule has 4 nitrogen and oxygen atoms in total. The number of aryl methyl sites for hydroxylation is 1. The fourth-order valence-corrected chi connectivity index (χ4v) is 2.95. The van der Waals surface area contributed by atoms with Crippen molar-refractivity contribution >= 4 is 21.4 Å². The average molecular weight is 307 g/mol. The fraction of sp³-hybridized carbons (Fsp3) is 0.133. The lowest BCUT2D eigenvalue weighted by atomic mass is 10.2. The maximum Gasteiger partial charge on any atom is 0.239 e. The lowest BCUT2D eigenvalue weighted by Crippen LogP contribution is -2.23. The van der Waals surface area contributed by atoms with Crippen molar-refractivity contribution in [3.05, 3.63) is 59.9 Å². The molecule has 0 aromatic heterocycles. The van der Waals surface area contributed by atoms with E-state index in [0.29, 0.717) is 5.56 Å². The highest BCUT2D eigenvalue weighted by atomic mass is 32.2. The standard InChI is InChI=1S/C15H14FNO3S/c1-11-7-8-12(16)9-14(11)17-15(18)10-21(19,20)13-5-3-2-4-6-13/h2-9H,10H2,1H3,(H,17,18). The van der Waals surface area contributed by atoms with E-state index in [-0.39, 0.29) is 10.6 Å². The van der Waals surface area contributed by atoms with Crippen molar-refractivity contribution in [2.24, 2.45) is 0 Å². The fourth-order valence-electron chi connectivity index (χ4n) is 1.80. The van der Waals surface area contributed by atoms with E-state index < -0.39 is 27.3 Å². The summed E-state index contributed by atoms with van der Waals surface area (Å²) in [4.78, 5) is 11.9. The Hall–Kier alpha value is -2.21. The van der Waals surface area contributed by atoms with Gasteiger partial charge in [-0.3, -0.25) is 4.79 Å². The average Bonchev–Trinajstić information content (AvgIpc) is 2.43. The van der Waals surface area contributed by atoms with Gasteiger partial charge >= 0.3 is 0 Å². The zero-order valence-electron chi connectivity index (χ0n) is 11.3. The molecule has 2 aromatic rings. The molecule has 2 aromatic carbocycles. The van der Waals surface area contributed by atoms with Gasteiger partial charge in [0.1, 0.15) is 11.6 Å². The molecule has 0 aliphatic rings. The first kappa shape index (κ1) is 15.2. The number of nitrogens with one attached hydrogen (secondary N) is 1. The van der Waals surface area contributed by atoms with Crippen LogP contribution in [0.15, 0.2) is 53.4 Å². The molecule has 0 aliphatic heterocycles. The minimum atomic E-state index is -3.71. The summed E-state index contributed by atoms with van der Waals surface area (Å²) in [7, 11) is -3.71. The molecule has 1 N–H and O–H groups in total. The number of hydrogen-bond donors (Lipinski definition) is 1. The SMILES string of the molecule is Cc1ccc(F)cc1NC(=O)CS(=O)(=O)c1ccccc1. The van der Waals surface area contributed by atoms with Crippen LogP contribution in [-0.4, -0.2) is 20.1 Å². The van der Waals surface area contributed by atoms with Crippen molar-refractivity contribution in [2.45, 2.75) is 11.8 Å². The third-order valence-corrected chi connectivity index (χ3v) is 4.53. The highest BCUT2D eigenvalue weighted by Gasteiger charge is 2.19. The molecule has 0 radical (unpaired) electrons. The first-order valence-electron chi connectivity index (χ1n) is 6.22. The highest BCUT2D eigenvalue weighted by Crippen LogP contribution is 2.17. The van der Waals surface area contributed by atoms with E-state index >= 15 is 0 Å². The van der Waals surface area contributed by atoms with Gasteiger partial charge in [0.2, 0.25) is 5.91 Å². The number of sulfone groups is 1. The number of amides is 1. The minimum Gasteiger partial charge on any atom is -0.325 e. The lowest BCUT2D eigenvalue weighted by molar-refractivity contribution is -0.113. The van der Waals surface area contributed by atoms with E-state index in [9.17, 15) is 17.6 Å². The molecule has 2 rings (SSSR count). The van der Waals surface area contributed by atoms with E-state index in [1.54, 1.807) is 25.1 Å². The van der Waals surface area contributed by atoms with Gasteiger partial charge in [-0.2, -0.15) is 0 Å². The van der Waals surface area contributed by atoms with Crippen molar-refractivity contribution in [1.29, 1.82) is 0 Å². The largest absolute Gasteiger partial charge is 0.325 e. The van der Waals surface area contributed by atoms with E-state index in [0.717, 1.165) is 6.07 Å². The molecule has 0 saturated heterocycles. The Bertz CT molecular complexity index is 758. The molecule has 0 bridgehead atoms. The molecular formula is C15H14FNO3S. The maximum atomic E-state index is 13.1. The van der Waals surface area contributed by atoms with Gasteiger partial charge < -0.3 is 5.32 Å². The van der Waals surface area contributed by atoms with E-state index in [2.05, 4.69) is 5.32 Å². The first-order chi connectivity index (χ1) is 9.88. The molecule has 0 fully saturated rings. The minimum absolute atomic E-state index is 0.0797. The molecule has 6 heteroatoms. The summed E-state index contributed by atoms with van der Waals surface area (Å²) in [5.74, 6) is -1.89. The number of carbonyl (C=O) groups is 1. The third kappa shape index (κ3) is 3.88. The molecule has 0 spiro atoms. The normalized spacial score (nSPS) is 11.1. The van der Waals surface area contributed by atoms with Gasteiger partial charge in [0.15, 0.2) is 9.84 Å². The van der Waals surface area contributed by atoms with Crippen molar-refractivity contribution in [2.75, 3.05) is 11.1 Å². The number of halogens is 1. The molecule has 0 saturated carbocycles.